The Bertz CT molecular complexity index is 510. The van der Waals surface area contributed by atoms with E-state index in [0.29, 0.717) is 37.7 Å². The van der Waals surface area contributed by atoms with Crippen molar-refractivity contribution in [1.82, 2.24) is 0 Å². The number of primary sulfonamides is 1. The average molecular weight is 257 g/mol. The van der Waals surface area contributed by atoms with Gasteiger partial charge in [0.25, 0.3) is 0 Å². The molecule has 1 aromatic rings. The molecule has 0 aliphatic carbocycles. The zero-order valence-electron chi connectivity index (χ0n) is 9.30. The van der Waals surface area contributed by atoms with Gasteiger partial charge in [-0.1, -0.05) is 0 Å². The van der Waals surface area contributed by atoms with Crippen molar-refractivity contribution >= 4 is 21.4 Å². The van der Waals surface area contributed by atoms with E-state index >= 15 is 0 Å². The zero-order chi connectivity index (χ0) is 12.5. The highest BCUT2D eigenvalue weighted by molar-refractivity contribution is 7.89. The molecule has 1 heterocycles. The largest absolute Gasteiger partial charge is 0.397 e. The lowest BCUT2D eigenvalue weighted by molar-refractivity contribution is 0.123. The SMILES string of the molecule is Nc1ccc(S(N)(=O)=O)cc1N1CCOCC1. The van der Waals surface area contributed by atoms with E-state index < -0.39 is 10.0 Å². The van der Waals surface area contributed by atoms with Gasteiger partial charge in [-0.3, -0.25) is 0 Å². The highest BCUT2D eigenvalue weighted by atomic mass is 32.2. The first-order chi connectivity index (χ1) is 7.98. The van der Waals surface area contributed by atoms with E-state index in [2.05, 4.69) is 0 Å². The highest BCUT2D eigenvalue weighted by Gasteiger charge is 2.17. The Kier molecular flexibility index (Phi) is 3.23. The molecule has 0 radical (unpaired) electrons. The molecule has 2 rings (SSSR count). The molecule has 1 fully saturated rings. The molecule has 17 heavy (non-hydrogen) atoms. The van der Waals surface area contributed by atoms with Crippen molar-refractivity contribution in [3.05, 3.63) is 18.2 Å². The summed E-state index contributed by atoms with van der Waals surface area (Å²) < 4.78 is 27.8. The van der Waals surface area contributed by atoms with Gasteiger partial charge in [-0.15, -0.1) is 0 Å². The molecule has 94 valence electrons. The average Bonchev–Trinajstić information content (AvgIpc) is 2.29. The number of sulfonamides is 1. The lowest BCUT2D eigenvalue weighted by atomic mass is 10.2. The molecule has 0 spiro atoms. The van der Waals surface area contributed by atoms with Crippen LogP contribution in [-0.4, -0.2) is 34.7 Å². The summed E-state index contributed by atoms with van der Waals surface area (Å²) in [6.45, 7) is 2.61. The maximum atomic E-state index is 11.3. The van der Waals surface area contributed by atoms with Gasteiger partial charge >= 0.3 is 0 Å². The quantitative estimate of drug-likeness (QED) is 0.712. The molecule has 0 saturated carbocycles. The standard InChI is InChI=1S/C10H15N3O3S/c11-9-2-1-8(17(12,14)15)7-10(9)13-3-5-16-6-4-13/h1-2,7H,3-6,11H2,(H2,12,14,15). The molecule has 6 nitrogen and oxygen atoms in total. The number of hydrogen-bond donors (Lipinski definition) is 2. The smallest absolute Gasteiger partial charge is 0.238 e. The van der Waals surface area contributed by atoms with E-state index in [9.17, 15) is 8.42 Å². The molecule has 1 aromatic carbocycles. The van der Waals surface area contributed by atoms with Crippen molar-refractivity contribution in [1.29, 1.82) is 0 Å². The summed E-state index contributed by atoms with van der Waals surface area (Å²) in [5.41, 5.74) is 7.08. The van der Waals surface area contributed by atoms with Crippen LogP contribution in [0.4, 0.5) is 11.4 Å². The minimum atomic E-state index is -3.69. The summed E-state index contributed by atoms with van der Waals surface area (Å²) in [6.07, 6.45) is 0. The lowest BCUT2D eigenvalue weighted by Gasteiger charge is -2.30. The molecule has 4 N–H and O–H groups in total. The van der Waals surface area contributed by atoms with E-state index in [4.69, 9.17) is 15.6 Å². The van der Waals surface area contributed by atoms with Crippen molar-refractivity contribution in [3.8, 4) is 0 Å². The van der Waals surface area contributed by atoms with Crippen molar-refractivity contribution in [2.75, 3.05) is 36.9 Å². The van der Waals surface area contributed by atoms with Crippen LogP contribution in [0.25, 0.3) is 0 Å². The first kappa shape index (κ1) is 12.2. The molecule has 1 aliphatic heterocycles. The summed E-state index contributed by atoms with van der Waals surface area (Å²) in [4.78, 5) is 2.07. The Morgan fingerprint density at radius 1 is 1.24 bits per heavy atom. The van der Waals surface area contributed by atoms with Crippen LogP contribution in [-0.2, 0) is 14.8 Å². The topological polar surface area (TPSA) is 98.7 Å². The van der Waals surface area contributed by atoms with Crippen LogP contribution < -0.4 is 15.8 Å². The Morgan fingerprint density at radius 2 is 1.88 bits per heavy atom. The summed E-state index contributed by atoms with van der Waals surface area (Å²) in [5, 5.41) is 5.09. The van der Waals surface area contributed by atoms with Gasteiger partial charge in [0, 0.05) is 13.1 Å². The zero-order valence-corrected chi connectivity index (χ0v) is 10.1. The van der Waals surface area contributed by atoms with E-state index in [1.807, 2.05) is 4.90 Å². The van der Waals surface area contributed by atoms with Gasteiger partial charge in [0.1, 0.15) is 0 Å². The Morgan fingerprint density at radius 3 is 2.47 bits per heavy atom. The van der Waals surface area contributed by atoms with Gasteiger partial charge < -0.3 is 15.4 Å². The minimum absolute atomic E-state index is 0.0770. The third kappa shape index (κ3) is 2.68. The molecule has 7 heteroatoms. The number of hydrogen-bond acceptors (Lipinski definition) is 5. The van der Waals surface area contributed by atoms with Crippen LogP contribution in [0.5, 0.6) is 0 Å². The first-order valence-corrected chi connectivity index (χ1v) is 6.78. The number of nitrogens with two attached hydrogens (primary N) is 2. The third-order valence-corrected chi connectivity index (χ3v) is 3.59. The van der Waals surface area contributed by atoms with E-state index in [1.165, 1.54) is 12.1 Å². The van der Waals surface area contributed by atoms with Gasteiger partial charge in [0.2, 0.25) is 10.0 Å². The molecule has 1 aliphatic rings. The second kappa shape index (κ2) is 4.52. The molecule has 0 unspecified atom stereocenters. The summed E-state index contributed by atoms with van der Waals surface area (Å²) in [6, 6.07) is 4.48. The Balaban J connectivity index is 2.38. The molecule has 0 bridgehead atoms. The van der Waals surface area contributed by atoms with Crippen LogP contribution in [0.3, 0.4) is 0 Å². The van der Waals surface area contributed by atoms with Crippen LogP contribution >= 0.6 is 0 Å². The fourth-order valence-corrected chi connectivity index (χ4v) is 2.31. The minimum Gasteiger partial charge on any atom is -0.397 e. The van der Waals surface area contributed by atoms with Gasteiger partial charge in [0.05, 0.1) is 29.5 Å². The fraction of sp³-hybridized carbons (Fsp3) is 0.400. The van der Waals surface area contributed by atoms with Gasteiger partial charge in [0.15, 0.2) is 0 Å². The van der Waals surface area contributed by atoms with Gasteiger partial charge in [-0.05, 0) is 18.2 Å². The summed E-state index contributed by atoms with van der Waals surface area (Å²) in [7, 11) is -3.69. The van der Waals surface area contributed by atoms with E-state index in [1.54, 1.807) is 6.07 Å². The maximum Gasteiger partial charge on any atom is 0.238 e. The Hall–Kier alpha value is -1.31. The van der Waals surface area contributed by atoms with Gasteiger partial charge in [-0.2, -0.15) is 0 Å². The van der Waals surface area contributed by atoms with Crippen molar-refractivity contribution in [2.45, 2.75) is 4.90 Å². The maximum absolute atomic E-state index is 11.3. The van der Waals surface area contributed by atoms with Crippen LogP contribution in [0, 0.1) is 0 Å². The predicted octanol–water partition coefficient (Wildman–Crippen LogP) is -0.247. The van der Waals surface area contributed by atoms with E-state index in [-0.39, 0.29) is 4.90 Å². The van der Waals surface area contributed by atoms with Crippen molar-refractivity contribution < 1.29 is 13.2 Å². The predicted molar refractivity (Wildman–Crippen MR) is 65.3 cm³/mol. The second-order valence-corrected chi connectivity index (χ2v) is 5.43. The molecular weight excluding hydrogens is 242 g/mol. The molecule has 1 saturated heterocycles. The molecular formula is C10H15N3O3S. The van der Waals surface area contributed by atoms with Crippen LogP contribution in [0.1, 0.15) is 0 Å². The number of rotatable bonds is 2. The summed E-state index contributed by atoms with van der Waals surface area (Å²) >= 11 is 0. The van der Waals surface area contributed by atoms with Crippen molar-refractivity contribution in [3.63, 3.8) is 0 Å². The number of nitrogens with zero attached hydrogens (tertiary/aromatic N) is 1. The summed E-state index contributed by atoms with van der Waals surface area (Å²) in [5.74, 6) is 0. The normalized spacial score (nSPS) is 17.1. The molecule has 0 atom stereocenters. The molecule has 0 aromatic heterocycles. The van der Waals surface area contributed by atoms with Crippen LogP contribution in [0.15, 0.2) is 23.1 Å². The third-order valence-electron chi connectivity index (χ3n) is 2.68. The number of ether oxygens (including phenoxy) is 1. The lowest BCUT2D eigenvalue weighted by Crippen LogP contribution is -2.36. The van der Waals surface area contributed by atoms with Crippen molar-refractivity contribution in [2.24, 2.45) is 5.14 Å². The number of morpholine rings is 1. The highest BCUT2D eigenvalue weighted by Crippen LogP contribution is 2.26. The first-order valence-electron chi connectivity index (χ1n) is 5.23. The second-order valence-electron chi connectivity index (χ2n) is 3.87. The number of benzene rings is 1. The van der Waals surface area contributed by atoms with Gasteiger partial charge in [-0.25, -0.2) is 13.6 Å². The number of nitrogen functional groups attached to an aromatic ring is 1. The monoisotopic (exact) mass is 257 g/mol. The van der Waals surface area contributed by atoms with Crippen LogP contribution in [0.2, 0.25) is 0 Å². The fourth-order valence-electron chi connectivity index (χ4n) is 1.78. The van der Waals surface area contributed by atoms with E-state index in [0.717, 1.165) is 0 Å². The number of anilines is 2. The molecule has 0 amide bonds. The Labute approximate surface area is 100 Å².